The molecule has 3 nitrogen and oxygen atoms in total. The monoisotopic (exact) mass is 197 g/mol. The molecule has 1 unspecified atom stereocenters. The Morgan fingerprint density at radius 1 is 1.36 bits per heavy atom. The number of aromatic nitrogens is 1. The van der Waals surface area contributed by atoms with Crippen molar-refractivity contribution in [1.82, 2.24) is 4.98 Å². The van der Waals surface area contributed by atoms with Crippen molar-refractivity contribution in [2.45, 2.75) is 32.8 Å². The Hall–Kier alpha value is -0.930. The van der Waals surface area contributed by atoms with E-state index in [4.69, 9.17) is 10.2 Å². The lowest BCUT2D eigenvalue weighted by Crippen LogP contribution is -2.12. The Bertz CT molecular complexity index is 214. The van der Waals surface area contributed by atoms with Gasteiger partial charge < -0.3 is 10.2 Å². The van der Waals surface area contributed by atoms with Gasteiger partial charge in [-0.3, -0.25) is 4.98 Å². The maximum absolute atomic E-state index is 9.04. The Balaban J connectivity index is 0.000000791. The van der Waals surface area contributed by atoms with E-state index in [1.54, 1.807) is 6.20 Å². The predicted octanol–water partition coefficient (Wildman–Crippen LogP) is 1.39. The van der Waals surface area contributed by atoms with Crippen molar-refractivity contribution in [3.8, 4) is 0 Å². The first-order valence-corrected chi connectivity index (χ1v) is 5.01. The van der Waals surface area contributed by atoms with Crippen molar-refractivity contribution in [2.75, 3.05) is 6.61 Å². The molecule has 0 amide bonds. The molecule has 3 heteroatoms. The molecular weight excluding hydrogens is 178 g/mol. The number of pyridine rings is 1. The van der Waals surface area contributed by atoms with Gasteiger partial charge >= 0.3 is 0 Å². The molecule has 0 saturated carbocycles. The molecular formula is C11H19NO2. The third-order valence-electron chi connectivity index (χ3n) is 1.67. The highest BCUT2D eigenvalue weighted by Crippen LogP contribution is 2.00. The van der Waals surface area contributed by atoms with Crippen LogP contribution >= 0.6 is 0 Å². The zero-order valence-corrected chi connectivity index (χ0v) is 8.85. The lowest BCUT2D eigenvalue weighted by molar-refractivity contribution is 0.0884. The van der Waals surface area contributed by atoms with Crippen LogP contribution in [0.4, 0.5) is 0 Å². The fraction of sp³-hybridized carbons (Fsp3) is 0.545. The highest BCUT2D eigenvalue weighted by molar-refractivity contribution is 5.03. The summed E-state index contributed by atoms with van der Waals surface area (Å²) in [5.74, 6) is 0. The van der Waals surface area contributed by atoms with E-state index < -0.39 is 6.10 Å². The van der Waals surface area contributed by atoms with E-state index in [0.717, 1.165) is 5.69 Å². The summed E-state index contributed by atoms with van der Waals surface area (Å²) >= 11 is 0. The lowest BCUT2D eigenvalue weighted by atomic mass is 10.1. The van der Waals surface area contributed by atoms with Gasteiger partial charge in [0.1, 0.15) is 0 Å². The van der Waals surface area contributed by atoms with Crippen molar-refractivity contribution in [2.24, 2.45) is 0 Å². The molecule has 1 aromatic rings. The van der Waals surface area contributed by atoms with Crippen LogP contribution in [-0.4, -0.2) is 27.9 Å². The third-order valence-corrected chi connectivity index (χ3v) is 1.67. The summed E-state index contributed by atoms with van der Waals surface area (Å²) in [5.41, 5.74) is 0.949. The van der Waals surface area contributed by atoms with Crippen molar-refractivity contribution in [3.63, 3.8) is 0 Å². The van der Waals surface area contributed by atoms with Crippen molar-refractivity contribution in [3.05, 3.63) is 30.1 Å². The number of rotatable bonds is 4. The van der Waals surface area contributed by atoms with Gasteiger partial charge in [0.2, 0.25) is 0 Å². The third kappa shape index (κ3) is 5.67. The standard InChI is InChI=1S/C9H13NO2.C2H6/c11-7-9(12)5-4-8-3-1-2-6-10-8;1-2/h1-3,6,9,11-12H,4-5,7H2;1-2H3. The van der Waals surface area contributed by atoms with Crippen LogP contribution in [0, 0.1) is 0 Å². The molecule has 0 radical (unpaired) electrons. The molecule has 80 valence electrons. The second-order valence-corrected chi connectivity index (χ2v) is 2.70. The second kappa shape index (κ2) is 8.66. The molecule has 1 heterocycles. The van der Waals surface area contributed by atoms with E-state index in [-0.39, 0.29) is 6.61 Å². The molecule has 0 aliphatic rings. The summed E-state index contributed by atoms with van der Waals surface area (Å²) in [6.45, 7) is 3.83. The van der Waals surface area contributed by atoms with Crippen LogP contribution in [0.1, 0.15) is 26.0 Å². The average molecular weight is 197 g/mol. The highest BCUT2D eigenvalue weighted by Gasteiger charge is 2.01. The fourth-order valence-electron chi connectivity index (χ4n) is 0.952. The predicted molar refractivity (Wildman–Crippen MR) is 57.0 cm³/mol. The Labute approximate surface area is 85.4 Å². The van der Waals surface area contributed by atoms with Crippen LogP contribution in [-0.2, 0) is 6.42 Å². The number of hydrogen-bond acceptors (Lipinski definition) is 3. The molecule has 0 aromatic carbocycles. The van der Waals surface area contributed by atoms with Gasteiger partial charge in [-0.25, -0.2) is 0 Å². The van der Waals surface area contributed by atoms with E-state index in [1.807, 2.05) is 32.0 Å². The minimum atomic E-state index is -0.619. The first-order chi connectivity index (χ1) is 6.83. The van der Waals surface area contributed by atoms with Gasteiger partial charge in [0.15, 0.2) is 0 Å². The maximum Gasteiger partial charge on any atom is 0.0774 e. The minimum Gasteiger partial charge on any atom is -0.394 e. The maximum atomic E-state index is 9.04. The molecule has 1 rings (SSSR count). The van der Waals surface area contributed by atoms with Crippen LogP contribution in [0.2, 0.25) is 0 Å². The number of hydrogen-bond donors (Lipinski definition) is 2. The van der Waals surface area contributed by atoms with Gasteiger partial charge in [0.25, 0.3) is 0 Å². The molecule has 0 aliphatic carbocycles. The molecule has 1 atom stereocenters. The smallest absolute Gasteiger partial charge is 0.0774 e. The Morgan fingerprint density at radius 3 is 2.57 bits per heavy atom. The average Bonchev–Trinajstić information content (AvgIpc) is 2.30. The number of aliphatic hydroxyl groups is 2. The fourth-order valence-corrected chi connectivity index (χ4v) is 0.952. The minimum absolute atomic E-state index is 0.174. The topological polar surface area (TPSA) is 53.4 Å². The molecule has 0 fully saturated rings. The molecule has 0 saturated heterocycles. The van der Waals surface area contributed by atoms with E-state index in [2.05, 4.69) is 4.98 Å². The van der Waals surface area contributed by atoms with Gasteiger partial charge in [-0.15, -0.1) is 0 Å². The summed E-state index contributed by atoms with van der Waals surface area (Å²) in [6.07, 6.45) is 2.38. The largest absolute Gasteiger partial charge is 0.394 e. The Morgan fingerprint density at radius 2 is 2.07 bits per heavy atom. The van der Waals surface area contributed by atoms with Crippen LogP contribution < -0.4 is 0 Å². The molecule has 0 spiro atoms. The quantitative estimate of drug-likeness (QED) is 0.767. The number of aryl methyl sites for hydroxylation is 1. The van der Waals surface area contributed by atoms with E-state index in [1.165, 1.54) is 0 Å². The zero-order valence-electron chi connectivity index (χ0n) is 8.85. The second-order valence-electron chi connectivity index (χ2n) is 2.70. The van der Waals surface area contributed by atoms with Crippen molar-refractivity contribution >= 4 is 0 Å². The SMILES string of the molecule is CC.OCC(O)CCc1ccccn1. The van der Waals surface area contributed by atoms with Gasteiger partial charge in [0, 0.05) is 11.9 Å². The van der Waals surface area contributed by atoms with Gasteiger partial charge in [0.05, 0.1) is 12.7 Å². The van der Waals surface area contributed by atoms with E-state index in [0.29, 0.717) is 12.8 Å². The molecule has 0 bridgehead atoms. The van der Waals surface area contributed by atoms with Crippen LogP contribution in [0.15, 0.2) is 24.4 Å². The van der Waals surface area contributed by atoms with Gasteiger partial charge in [-0.05, 0) is 25.0 Å². The van der Waals surface area contributed by atoms with E-state index in [9.17, 15) is 0 Å². The summed E-state index contributed by atoms with van der Waals surface area (Å²) < 4.78 is 0. The van der Waals surface area contributed by atoms with Crippen LogP contribution in [0.5, 0.6) is 0 Å². The van der Waals surface area contributed by atoms with Gasteiger partial charge in [-0.1, -0.05) is 19.9 Å². The Kier molecular flexibility index (Phi) is 8.08. The molecule has 2 N–H and O–H groups in total. The number of nitrogens with zero attached hydrogens (tertiary/aromatic N) is 1. The molecule has 1 aromatic heterocycles. The summed E-state index contributed by atoms with van der Waals surface area (Å²) in [5, 5.41) is 17.6. The van der Waals surface area contributed by atoms with Gasteiger partial charge in [-0.2, -0.15) is 0 Å². The highest BCUT2D eigenvalue weighted by atomic mass is 16.3. The summed E-state index contributed by atoms with van der Waals surface area (Å²) in [4.78, 5) is 4.09. The van der Waals surface area contributed by atoms with E-state index >= 15 is 0 Å². The van der Waals surface area contributed by atoms with Crippen LogP contribution in [0.25, 0.3) is 0 Å². The van der Waals surface area contributed by atoms with Crippen molar-refractivity contribution in [1.29, 1.82) is 0 Å². The normalized spacial score (nSPS) is 11.4. The molecule has 14 heavy (non-hydrogen) atoms. The number of aliphatic hydroxyl groups excluding tert-OH is 2. The van der Waals surface area contributed by atoms with Crippen LogP contribution in [0.3, 0.4) is 0 Å². The zero-order chi connectivity index (χ0) is 10.8. The summed E-state index contributed by atoms with van der Waals surface area (Å²) in [7, 11) is 0. The first-order valence-electron chi connectivity index (χ1n) is 5.01. The first kappa shape index (κ1) is 13.1. The molecule has 0 aliphatic heterocycles. The summed E-state index contributed by atoms with van der Waals surface area (Å²) in [6, 6.07) is 5.67. The van der Waals surface area contributed by atoms with Crippen molar-refractivity contribution < 1.29 is 10.2 Å². The lowest BCUT2D eigenvalue weighted by Gasteiger charge is -2.05.